The molecular weight excluding hydrogens is 340 g/mol. The summed E-state index contributed by atoms with van der Waals surface area (Å²) in [6, 6.07) is 13.3. The van der Waals surface area contributed by atoms with Gasteiger partial charge in [0.15, 0.2) is 5.15 Å². The van der Waals surface area contributed by atoms with Gasteiger partial charge in [-0.25, -0.2) is 9.78 Å². The maximum Gasteiger partial charge on any atom is 0.330 e. The van der Waals surface area contributed by atoms with E-state index >= 15 is 0 Å². The Balaban J connectivity index is 1.53. The van der Waals surface area contributed by atoms with E-state index in [1.807, 2.05) is 55.6 Å². The van der Waals surface area contributed by atoms with Crippen LogP contribution in [0.25, 0.3) is 11.7 Å². The van der Waals surface area contributed by atoms with E-state index in [4.69, 9.17) is 21.1 Å². The number of carbonyl (C=O) groups excluding carboxylic acids is 1. The number of halogens is 1. The molecule has 0 aliphatic heterocycles. The zero-order valence-corrected chi connectivity index (χ0v) is 14.4. The molecule has 25 heavy (non-hydrogen) atoms. The summed E-state index contributed by atoms with van der Waals surface area (Å²) in [7, 11) is 0. The van der Waals surface area contributed by atoms with Gasteiger partial charge in [-0.1, -0.05) is 35.9 Å². The number of rotatable bonds is 6. The van der Waals surface area contributed by atoms with Gasteiger partial charge in [-0.2, -0.15) is 0 Å². The summed E-state index contributed by atoms with van der Waals surface area (Å²) in [5.74, 6) is 0.321. The topological polar surface area (TPSA) is 52.8 Å². The molecule has 3 rings (SSSR count). The van der Waals surface area contributed by atoms with Gasteiger partial charge in [0.2, 0.25) is 0 Å². The average molecular weight is 357 g/mol. The third-order valence-corrected chi connectivity index (χ3v) is 3.86. The second-order valence-corrected chi connectivity index (χ2v) is 5.69. The Hall–Kier alpha value is -2.79. The second kappa shape index (κ2) is 7.85. The molecule has 3 aromatic rings. The van der Waals surface area contributed by atoms with Crippen molar-refractivity contribution in [1.82, 2.24) is 9.38 Å². The lowest BCUT2D eigenvalue weighted by Gasteiger charge is -2.08. The van der Waals surface area contributed by atoms with Crippen LogP contribution in [0.2, 0.25) is 5.15 Å². The first-order valence-corrected chi connectivity index (χ1v) is 8.19. The van der Waals surface area contributed by atoms with Gasteiger partial charge in [0.25, 0.3) is 0 Å². The first-order chi connectivity index (χ1) is 12.1. The minimum absolute atomic E-state index is 0.165. The van der Waals surface area contributed by atoms with Crippen LogP contribution < -0.4 is 4.74 Å². The normalized spacial score (nSPS) is 11.1. The predicted octanol–water partition coefficient (Wildman–Crippen LogP) is 3.93. The number of esters is 1. The molecule has 0 atom stereocenters. The fourth-order valence-corrected chi connectivity index (χ4v) is 2.58. The highest BCUT2D eigenvalue weighted by Crippen LogP contribution is 2.19. The van der Waals surface area contributed by atoms with E-state index in [1.54, 1.807) is 10.5 Å². The third-order valence-electron chi connectivity index (χ3n) is 3.58. The molecule has 1 aromatic carbocycles. The molecule has 2 aromatic heterocycles. The van der Waals surface area contributed by atoms with Crippen LogP contribution in [0, 0.1) is 6.92 Å². The van der Waals surface area contributed by atoms with Crippen molar-refractivity contribution in [1.29, 1.82) is 0 Å². The predicted molar refractivity (Wildman–Crippen MR) is 96.9 cm³/mol. The Labute approximate surface area is 150 Å². The molecule has 0 aliphatic carbocycles. The number of aryl methyl sites for hydroxylation is 1. The summed E-state index contributed by atoms with van der Waals surface area (Å²) in [5, 5.41) is 0.332. The van der Waals surface area contributed by atoms with Crippen LogP contribution in [0.5, 0.6) is 5.75 Å². The van der Waals surface area contributed by atoms with Gasteiger partial charge < -0.3 is 9.47 Å². The minimum Gasteiger partial charge on any atom is -0.490 e. The number of imidazole rings is 1. The number of para-hydroxylation sites is 1. The molecule has 0 bridgehead atoms. The molecule has 128 valence electrons. The lowest BCUT2D eigenvalue weighted by molar-refractivity contribution is -0.138. The lowest BCUT2D eigenvalue weighted by Crippen LogP contribution is -2.10. The van der Waals surface area contributed by atoms with Crippen molar-refractivity contribution >= 4 is 29.3 Å². The molecule has 0 amide bonds. The molecular formula is C19H17ClN2O3. The molecule has 0 N–H and O–H groups in total. The van der Waals surface area contributed by atoms with Crippen LogP contribution in [0.15, 0.2) is 54.7 Å². The summed E-state index contributed by atoms with van der Waals surface area (Å²) in [5.41, 5.74) is 2.38. The van der Waals surface area contributed by atoms with Crippen molar-refractivity contribution in [3.8, 4) is 5.75 Å². The quantitative estimate of drug-likeness (QED) is 0.381. The van der Waals surface area contributed by atoms with E-state index in [-0.39, 0.29) is 6.61 Å². The summed E-state index contributed by atoms with van der Waals surface area (Å²) in [6.45, 7) is 2.42. The van der Waals surface area contributed by atoms with Crippen LogP contribution >= 0.6 is 11.6 Å². The maximum atomic E-state index is 11.8. The van der Waals surface area contributed by atoms with Crippen molar-refractivity contribution in [3.05, 3.63) is 71.1 Å². The smallest absolute Gasteiger partial charge is 0.330 e. The van der Waals surface area contributed by atoms with Crippen LogP contribution in [0.4, 0.5) is 0 Å². The van der Waals surface area contributed by atoms with Crippen LogP contribution in [-0.4, -0.2) is 28.6 Å². The van der Waals surface area contributed by atoms with Crippen LogP contribution in [0.3, 0.4) is 0 Å². The Morgan fingerprint density at radius 3 is 2.84 bits per heavy atom. The monoisotopic (exact) mass is 356 g/mol. The van der Waals surface area contributed by atoms with Gasteiger partial charge >= 0.3 is 5.97 Å². The third kappa shape index (κ3) is 4.19. The summed E-state index contributed by atoms with van der Waals surface area (Å²) in [6.07, 6.45) is 4.75. The van der Waals surface area contributed by atoms with E-state index in [2.05, 4.69) is 4.98 Å². The molecule has 0 fully saturated rings. The number of nitrogens with zero attached hydrogens (tertiary/aromatic N) is 2. The lowest BCUT2D eigenvalue weighted by atomic mass is 10.2. The van der Waals surface area contributed by atoms with Crippen LogP contribution in [0.1, 0.15) is 11.3 Å². The molecule has 5 nitrogen and oxygen atoms in total. The molecule has 0 radical (unpaired) electrons. The van der Waals surface area contributed by atoms with E-state index in [0.29, 0.717) is 23.1 Å². The number of fused-ring (bicyclic) bond motifs is 1. The number of pyridine rings is 1. The second-order valence-electron chi connectivity index (χ2n) is 5.33. The molecule has 0 saturated carbocycles. The van der Waals surface area contributed by atoms with E-state index in [0.717, 1.165) is 11.3 Å². The van der Waals surface area contributed by atoms with Gasteiger partial charge in [-0.3, -0.25) is 4.40 Å². The largest absolute Gasteiger partial charge is 0.490 e. The SMILES string of the molecule is Cc1ccccc1OCCOC(=O)/C=C/c1c(Cl)nc2ccccn12. The van der Waals surface area contributed by atoms with Gasteiger partial charge in [-0.05, 0) is 36.8 Å². The number of ether oxygens (including phenoxy) is 2. The standard InChI is InChI=1S/C19H17ClN2O3/c1-14-6-2-3-7-16(14)24-12-13-25-18(23)10-9-15-19(20)21-17-8-4-5-11-22(15)17/h2-11H,12-13H2,1H3/b10-9+. The zero-order valence-electron chi connectivity index (χ0n) is 13.7. The number of aromatic nitrogens is 2. The van der Waals surface area contributed by atoms with Crippen molar-refractivity contribution in [2.75, 3.05) is 13.2 Å². The van der Waals surface area contributed by atoms with Gasteiger partial charge in [-0.15, -0.1) is 0 Å². The fraction of sp³-hybridized carbons (Fsp3) is 0.158. The highest BCUT2D eigenvalue weighted by molar-refractivity contribution is 6.31. The van der Waals surface area contributed by atoms with Gasteiger partial charge in [0.1, 0.15) is 24.6 Å². The molecule has 0 saturated heterocycles. The number of hydrogen-bond donors (Lipinski definition) is 0. The zero-order chi connectivity index (χ0) is 17.6. The molecule has 0 unspecified atom stereocenters. The maximum absolute atomic E-state index is 11.8. The van der Waals surface area contributed by atoms with Crippen molar-refractivity contribution in [2.45, 2.75) is 6.92 Å². The van der Waals surface area contributed by atoms with Gasteiger partial charge in [0, 0.05) is 12.3 Å². The Bertz CT molecular complexity index is 918. The van der Waals surface area contributed by atoms with E-state index in [1.165, 1.54) is 6.08 Å². The molecule has 6 heteroatoms. The minimum atomic E-state index is -0.463. The fourth-order valence-electron chi connectivity index (χ4n) is 2.34. The average Bonchev–Trinajstić information content (AvgIpc) is 2.93. The molecule has 0 aliphatic rings. The Kier molecular flexibility index (Phi) is 5.36. The van der Waals surface area contributed by atoms with Crippen LogP contribution in [-0.2, 0) is 9.53 Å². The summed E-state index contributed by atoms with van der Waals surface area (Å²) in [4.78, 5) is 16.0. The summed E-state index contributed by atoms with van der Waals surface area (Å²) < 4.78 is 12.5. The Morgan fingerprint density at radius 2 is 2.00 bits per heavy atom. The van der Waals surface area contributed by atoms with Crippen molar-refractivity contribution in [2.24, 2.45) is 0 Å². The molecule has 0 spiro atoms. The summed E-state index contributed by atoms with van der Waals surface area (Å²) >= 11 is 6.11. The number of benzene rings is 1. The van der Waals surface area contributed by atoms with Crippen molar-refractivity contribution in [3.63, 3.8) is 0 Å². The van der Waals surface area contributed by atoms with E-state index < -0.39 is 5.97 Å². The van der Waals surface area contributed by atoms with Gasteiger partial charge in [0.05, 0.1) is 5.69 Å². The Morgan fingerprint density at radius 1 is 1.20 bits per heavy atom. The first kappa shape index (κ1) is 17.0. The highest BCUT2D eigenvalue weighted by atomic mass is 35.5. The van der Waals surface area contributed by atoms with Crippen molar-refractivity contribution < 1.29 is 14.3 Å². The van der Waals surface area contributed by atoms with E-state index in [9.17, 15) is 4.79 Å². The number of hydrogen-bond acceptors (Lipinski definition) is 4. The number of carbonyl (C=O) groups is 1. The first-order valence-electron chi connectivity index (χ1n) is 7.81. The molecule has 2 heterocycles. The highest BCUT2D eigenvalue weighted by Gasteiger charge is 2.07.